The van der Waals surface area contributed by atoms with Crippen LogP contribution in [0, 0.1) is 5.82 Å². The van der Waals surface area contributed by atoms with Gasteiger partial charge in [-0.05, 0) is 32.0 Å². The topological polar surface area (TPSA) is 32.3 Å². The Labute approximate surface area is 119 Å². The molecule has 1 aromatic rings. The number of carbonyl (C=O) groups is 1. The molecule has 1 N–H and O–H groups in total. The average molecular weight is 304 g/mol. The van der Waals surface area contributed by atoms with Crippen molar-refractivity contribution in [3.8, 4) is 0 Å². The fraction of sp³-hybridized carbons (Fsp3) is 0.500. The number of piperazine rings is 1. The third-order valence-electron chi connectivity index (χ3n) is 3.36. The summed E-state index contributed by atoms with van der Waals surface area (Å²) in [5.41, 5.74) is -1.56. The molecule has 1 aliphatic rings. The second-order valence-corrected chi connectivity index (χ2v) is 5.37. The van der Waals surface area contributed by atoms with Crippen molar-refractivity contribution in [1.82, 2.24) is 10.2 Å². The van der Waals surface area contributed by atoms with Gasteiger partial charge in [-0.15, -0.1) is 0 Å². The van der Waals surface area contributed by atoms with E-state index in [0.717, 1.165) is 6.07 Å². The molecule has 0 unspecified atom stereocenters. The van der Waals surface area contributed by atoms with Crippen LogP contribution in [0.4, 0.5) is 17.6 Å². The first-order valence-electron chi connectivity index (χ1n) is 6.60. The van der Waals surface area contributed by atoms with Gasteiger partial charge in [0.15, 0.2) is 0 Å². The Bertz CT molecular complexity index is 534. The van der Waals surface area contributed by atoms with Gasteiger partial charge in [0.25, 0.3) is 5.91 Å². The summed E-state index contributed by atoms with van der Waals surface area (Å²) >= 11 is 0. The van der Waals surface area contributed by atoms with Crippen LogP contribution >= 0.6 is 0 Å². The van der Waals surface area contributed by atoms with Crippen molar-refractivity contribution in [2.75, 3.05) is 13.1 Å². The maximum atomic E-state index is 13.2. The van der Waals surface area contributed by atoms with E-state index in [1.165, 1.54) is 4.90 Å². The van der Waals surface area contributed by atoms with Gasteiger partial charge in [-0.25, -0.2) is 4.39 Å². The summed E-state index contributed by atoms with van der Waals surface area (Å²) in [6, 6.07) is 2.46. The molecule has 1 fully saturated rings. The lowest BCUT2D eigenvalue weighted by Gasteiger charge is -2.36. The highest BCUT2D eigenvalue weighted by atomic mass is 19.4. The van der Waals surface area contributed by atoms with E-state index in [-0.39, 0.29) is 17.6 Å². The highest BCUT2D eigenvalue weighted by Crippen LogP contribution is 2.32. The second-order valence-electron chi connectivity index (χ2n) is 5.37. The Morgan fingerprint density at radius 1 is 1.24 bits per heavy atom. The zero-order valence-electron chi connectivity index (χ0n) is 11.7. The molecule has 1 amide bonds. The van der Waals surface area contributed by atoms with Gasteiger partial charge in [-0.3, -0.25) is 4.79 Å². The van der Waals surface area contributed by atoms with Gasteiger partial charge in [0.2, 0.25) is 0 Å². The largest absolute Gasteiger partial charge is 0.419 e. The van der Waals surface area contributed by atoms with Crippen molar-refractivity contribution in [3.63, 3.8) is 0 Å². The maximum Gasteiger partial charge on any atom is 0.419 e. The van der Waals surface area contributed by atoms with Crippen LogP contribution < -0.4 is 5.32 Å². The summed E-state index contributed by atoms with van der Waals surface area (Å²) in [6.45, 7) is 4.59. The van der Waals surface area contributed by atoms with E-state index in [1.54, 1.807) is 0 Å². The minimum absolute atomic E-state index is 0.0558. The molecule has 0 saturated carbocycles. The molecule has 1 aliphatic heterocycles. The number of halogens is 4. The minimum Gasteiger partial charge on any atom is -0.336 e. The summed E-state index contributed by atoms with van der Waals surface area (Å²) in [5.74, 6) is -1.89. The van der Waals surface area contributed by atoms with Gasteiger partial charge in [0.05, 0.1) is 5.56 Å². The van der Waals surface area contributed by atoms with E-state index in [0.29, 0.717) is 25.2 Å². The van der Waals surface area contributed by atoms with Gasteiger partial charge in [0.1, 0.15) is 5.82 Å². The van der Waals surface area contributed by atoms with Crippen LogP contribution in [0.5, 0.6) is 0 Å². The van der Waals surface area contributed by atoms with Crippen molar-refractivity contribution in [2.45, 2.75) is 32.1 Å². The van der Waals surface area contributed by atoms with E-state index in [4.69, 9.17) is 0 Å². The monoisotopic (exact) mass is 304 g/mol. The molecule has 0 bridgehead atoms. The van der Waals surface area contributed by atoms with Crippen LogP contribution in [0.3, 0.4) is 0 Å². The predicted octanol–water partition coefficient (Wildman–Crippen LogP) is 2.67. The lowest BCUT2D eigenvalue weighted by Crippen LogP contribution is -2.55. The zero-order chi connectivity index (χ0) is 15.8. The average Bonchev–Trinajstić information content (AvgIpc) is 2.36. The second kappa shape index (κ2) is 5.63. The Balaban J connectivity index is 2.27. The van der Waals surface area contributed by atoms with Crippen molar-refractivity contribution in [2.24, 2.45) is 0 Å². The van der Waals surface area contributed by atoms with Crippen molar-refractivity contribution in [1.29, 1.82) is 0 Å². The third-order valence-corrected chi connectivity index (χ3v) is 3.36. The van der Waals surface area contributed by atoms with Gasteiger partial charge in [-0.2, -0.15) is 13.2 Å². The molecule has 116 valence electrons. The number of benzene rings is 1. The molecule has 0 spiro atoms. The van der Waals surface area contributed by atoms with Gasteiger partial charge < -0.3 is 10.2 Å². The highest BCUT2D eigenvalue weighted by molar-refractivity contribution is 5.94. The molecule has 7 heteroatoms. The number of hydrogen-bond donors (Lipinski definition) is 1. The predicted molar refractivity (Wildman–Crippen MR) is 69.4 cm³/mol. The zero-order valence-corrected chi connectivity index (χ0v) is 11.7. The number of rotatable bonds is 1. The Hall–Kier alpha value is -1.63. The summed E-state index contributed by atoms with van der Waals surface area (Å²) in [7, 11) is 0. The molecule has 2 atom stereocenters. The Kier molecular flexibility index (Phi) is 4.22. The lowest BCUT2D eigenvalue weighted by molar-refractivity contribution is -0.140. The van der Waals surface area contributed by atoms with Crippen molar-refractivity contribution in [3.05, 3.63) is 35.1 Å². The fourth-order valence-corrected chi connectivity index (χ4v) is 2.55. The molecule has 3 nitrogen and oxygen atoms in total. The first-order valence-corrected chi connectivity index (χ1v) is 6.60. The van der Waals surface area contributed by atoms with E-state index >= 15 is 0 Å². The van der Waals surface area contributed by atoms with E-state index in [9.17, 15) is 22.4 Å². The number of hydrogen-bond acceptors (Lipinski definition) is 2. The summed E-state index contributed by atoms with van der Waals surface area (Å²) in [6.07, 6.45) is -4.82. The molecular formula is C14H16F4N2O. The number of nitrogens with zero attached hydrogens (tertiary/aromatic N) is 1. The third kappa shape index (κ3) is 3.53. The molecule has 1 aromatic carbocycles. The number of carbonyl (C=O) groups excluding carboxylic acids is 1. The van der Waals surface area contributed by atoms with E-state index in [2.05, 4.69) is 5.32 Å². The lowest BCUT2D eigenvalue weighted by atomic mass is 10.1. The van der Waals surface area contributed by atoms with Crippen LogP contribution in [-0.2, 0) is 6.18 Å². The number of alkyl halides is 3. The molecule has 0 radical (unpaired) electrons. The summed E-state index contributed by atoms with van der Waals surface area (Å²) < 4.78 is 51.3. The van der Waals surface area contributed by atoms with E-state index < -0.39 is 23.5 Å². The summed E-state index contributed by atoms with van der Waals surface area (Å²) in [5, 5.41) is 3.23. The molecule has 21 heavy (non-hydrogen) atoms. The Morgan fingerprint density at radius 2 is 1.81 bits per heavy atom. The SMILES string of the molecule is C[C@H]1CN(C(=O)c2ccc(F)c(C(F)(F)F)c2)C[C@H](C)N1. The van der Waals surface area contributed by atoms with Gasteiger partial charge in [0, 0.05) is 30.7 Å². The van der Waals surface area contributed by atoms with Crippen LogP contribution in [-0.4, -0.2) is 36.0 Å². The van der Waals surface area contributed by atoms with Crippen LogP contribution in [0.1, 0.15) is 29.8 Å². The fourth-order valence-electron chi connectivity index (χ4n) is 2.55. The first kappa shape index (κ1) is 15.8. The summed E-state index contributed by atoms with van der Waals surface area (Å²) in [4.78, 5) is 13.8. The van der Waals surface area contributed by atoms with Gasteiger partial charge in [-0.1, -0.05) is 0 Å². The molecule has 0 aromatic heterocycles. The highest BCUT2D eigenvalue weighted by Gasteiger charge is 2.35. The number of amides is 1. The van der Waals surface area contributed by atoms with Crippen LogP contribution in [0.2, 0.25) is 0 Å². The molecule has 2 rings (SSSR count). The van der Waals surface area contributed by atoms with Crippen molar-refractivity contribution < 1.29 is 22.4 Å². The van der Waals surface area contributed by atoms with E-state index in [1.807, 2.05) is 13.8 Å². The smallest absolute Gasteiger partial charge is 0.336 e. The standard InChI is InChI=1S/C14H16F4N2O/c1-8-6-20(7-9(2)19-8)13(21)10-3-4-12(15)11(5-10)14(16,17)18/h3-5,8-9,19H,6-7H2,1-2H3/t8-,9-/m0/s1. The minimum atomic E-state index is -4.82. The van der Waals surface area contributed by atoms with Crippen molar-refractivity contribution >= 4 is 5.91 Å². The van der Waals surface area contributed by atoms with Crippen LogP contribution in [0.15, 0.2) is 18.2 Å². The maximum absolute atomic E-state index is 13.2. The Morgan fingerprint density at radius 3 is 2.33 bits per heavy atom. The first-order chi connectivity index (χ1) is 9.68. The molecule has 0 aliphatic carbocycles. The molecule has 1 saturated heterocycles. The van der Waals surface area contributed by atoms with Crippen LogP contribution in [0.25, 0.3) is 0 Å². The molecule has 1 heterocycles. The normalized spacial score (nSPS) is 23.2. The molecular weight excluding hydrogens is 288 g/mol. The number of nitrogens with one attached hydrogen (secondary N) is 1. The quantitative estimate of drug-likeness (QED) is 0.809. The van der Waals surface area contributed by atoms with Gasteiger partial charge >= 0.3 is 6.18 Å².